The highest BCUT2D eigenvalue weighted by molar-refractivity contribution is 6.30. The molecular formula is C18H17ClN4O. The van der Waals surface area contributed by atoms with E-state index < -0.39 is 0 Å². The van der Waals surface area contributed by atoms with E-state index in [0.717, 1.165) is 31.6 Å². The number of pyridine rings is 1. The quantitative estimate of drug-likeness (QED) is 0.723. The van der Waals surface area contributed by atoms with Crippen molar-refractivity contribution >= 4 is 11.6 Å². The van der Waals surface area contributed by atoms with Crippen LogP contribution >= 0.6 is 11.6 Å². The molecule has 2 aromatic heterocycles. The van der Waals surface area contributed by atoms with Gasteiger partial charge in [0, 0.05) is 36.1 Å². The van der Waals surface area contributed by atoms with Gasteiger partial charge in [0.1, 0.15) is 0 Å². The van der Waals surface area contributed by atoms with Crippen LogP contribution in [-0.2, 0) is 6.54 Å². The Bertz CT molecular complexity index is 803. The van der Waals surface area contributed by atoms with E-state index in [9.17, 15) is 0 Å². The average Bonchev–Trinajstić information content (AvgIpc) is 3.26. The van der Waals surface area contributed by atoms with Gasteiger partial charge in [-0.15, -0.1) is 10.2 Å². The van der Waals surface area contributed by atoms with Gasteiger partial charge in [0.05, 0.1) is 5.92 Å². The minimum absolute atomic E-state index is 0.287. The van der Waals surface area contributed by atoms with Gasteiger partial charge < -0.3 is 4.42 Å². The lowest BCUT2D eigenvalue weighted by molar-refractivity contribution is 0.320. The zero-order valence-corrected chi connectivity index (χ0v) is 13.9. The van der Waals surface area contributed by atoms with Crippen LogP contribution in [0.25, 0.3) is 11.5 Å². The molecule has 1 fully saturated rings. The molecule has 1 saturated heterocycles. The predicted octanol–water partition coefficient (Wildman–Crippen LogP) is 3.77. The fourth-order valence-electron chi connectivity index (χ4n) is 3.04. The smallest absolute Gasteiger partial charge is 0.247 e. The van der Waals surface area contributed by atoms with E-state index in [2.05, 4.69) is 26.1 Å². The van der Waals surface area contributed by atoms with Crippen LogP contribution in [0, 0.1) is 0 Å². The Kier molecular flexibility index (Phi) is 4.28. The summed E-state index contributed by atoms with van der Waals surface area (Å²) < 4.78 is 5.89. The van der Waals surface area contributed by atoms with Gasteiger partial charge in [0.15, 0.2) is 0 Å². The van der Waals surface area contributed by atoms with Crippen molar-refractivity contribution in [2.45, 2.75) is 18.9 Å². The average molecular weight is 341 g/mol. The lowest BCUT2D eigenvalue weighted by Gasteiger charge is -2.14. The van der Waals surface area contributed by atoms with Crippen LogP contribution in [0.4, 0.5) is 0 Å². The summed E-state index contributed by atoms with van der Waals surface area (Å²) >= 11 is 5.91. The lowest BCUT2D eigenvalue weighted by Crippen LogP contribution is -2.19. The molecule has 3 heterocycles. The fraction of sp³-hybridized carbons (Fsp3) is 0.278. The third-order valence-electron chi connectivity index (χ3n) is 4.28. The standard InChI is InChI=1S/C18H17ClN4O/c19-16-5-3-14(4-6-16)17-21-22-18(24-17)15-7-9-23(12-15)11-13-2-1-8-20-10-13/h1-6,8,10,15H,7,9,11-12H2. The topological polar surface area (TPSA) is 55.1 Å². The maximum Gasteiger partial charge on any atom is 0.247 e. The first-order valence-electron chi connectivity index (χ1n) is 7.98. The number of rotatable bonds is 4. The summed E-state index contributed by atoms with van der Waals surface area (Å²) in [5.41, 5.74) is 2.12. The maximum atomic E-state index is 5.91. The SMILES string of the molecule is Clc1ccc(-c2nnc(C3CCN(Cc4cccnc4)C3)o2)cc1. The molecule has 0 spiro atoms. The molecule has 0 radical (unpaired) electrons. The predicted molar refractivity (Wildman–Crippen MR) is 91.6 cm³/mol. The van der Waals surface area contributed by atoms with Crippen LogP contribution in [0.2, 0.25) is 5.02 Å². The van der Waals surface area contributed by atoms with Gasteiger partial charge in [0.25, 0.3) is 0 Å². The molecule has 24 heavy (non-hydrogen) atoms. The van der Waals surface area contributed by atoms with E-state index in [1.54, 1.807) is 6.20 Å². The van der Waals surface area contributed by atoms with Crippen molar-refractivity contribution in [3.05, 3.63) is 65.3 Å². The van der Waals surface area contributed by atoms with E-state index in [-0.39, 0.29) is 5.92 Å². The summed E-state index contributed by atoms with van der Waals surface area (Å²) in [4.78, 5) is 6.57. The van der Waals surface area contributed by atoms with E-state index >= 15 is 0 Å². The van der Waals surface area contributed by atoms with E-state index in [0.29, 0.717) is 16.8 Å². The molecule has 1 aromatic carbocycles. The summed E-state index contributed by atoms with van der Waals surface area (Å²) in [6.45, 7) is 2.86. The maximum absolute atomic E-state index is 5.91. The first-order valence-corrected chi connectivity index (χ1v) is 8.36. The highest BCUT2D eigenvalue weighted by atomic mass is 35.5. The number of hydrogen-bond donors (Lipinski definition) is 0. The van der Waals surface area contributed by atoms with Gasteiger partial charge in [-0.3, -0.25) is 9.88 Å². The Labute approximate surface area is 145 Å². The normalized spacial score (nSPS) is 18.1. The van der Waals surface area contributed by atoms with Crippen molar-refractivity contribution in [2.24, 2.45) is 0 Å². The summed E-state index contributed by atoms with van der Waals surface area (Å²) in [5, 5.41) is 9.13. The zero-order valence-electron chi connectivity index (χ0n) is 13.1. The minimum Gasteiger partial charge on any atom is -0.420 e. The second kappa shape index (κ2) is 6.71. The fourth-order valence-corrected chi connectivity index (χ4v) is 3.16. The molecule has 122 valence electrons. The Balaban J connectivity index is 1.43. The molecule has 5 nitrogen and oxygen atoms in total. The van der Waals surface area contributed by atoms with Crippen LogP contribution in [0.1, 0.15) is 23.8 Å². The monoisotopic (exact) mass is 340 g/mol. The van der Waals surface area contributed by atoms with Gasteiger partial charge in [-0.25, -0.2) is 0 Å². The number of benzene rings is 1. The van der Waals surface area contributed by atoms with Gasteiger partial charge in [-0.1, -0.05) is 17.7 Å². The number of likely N-dealkylation sites (tertiary alicyclic amines) is 1. The van der Waals surface area contributed by atoms with Crippen LogP contribution in [-0.4, -0.2) is 33.2 Å². The molecule has 4 rings (SSSR count). The molecule has 3 aromatic rings. The first kappa shape index (κ1) is 15.3. The molecule has 0 saturated carbocycles. The summed E-state index contributed by atoms with van der Waals surface area (Å²) in [6, 6.07) is 11.5. The number of hydrogen-bond acceptors (Lipinski definition) is 5. The second-order valence-corrected chi connectivity index (χ2v) is 6.47. The molecule has 1 aliphatic rings. The van der Waals surface area contributed by atoms with Crippen molar-refractivity contribution in [1.29, 1.82) is 0 Å². The van der Waals surface area contributed by atoms with Gasteiger partial charge in [-0.2, -0.15) is 0 Å². The first-order chi connectivity index (χ1) is 11.8. The largest absolute Gasteiger partial charge is 0.420 e. The van der Waals surface area contributed by atoms with Gasteiger partial charge in [-0.05, 0) is 48.9 Å². The van der Waals surface area contributed by atoms with Crippen molar-refractivity contribution in [3.8, 4) is 11.5 Å². The van der Waals surface area contributed by atoms with E-state index in [1.807, 2.05) is 36.5 Å². The van der Waals surface area contributed by atoms with Crippen molar-refractivity contribution < 1.29 is 4.42 Å². The molecular weight excluding hydrogens is 324 g/mol. The molecule has 0 bridgehead atoms. The highest BCUT2D eigenvalue weighted by Gasteiger charge is 2.28. The molecule has 1 aliphatic heterocycles. The van der Waals surface area contributed by atoms with E-state index in [4.69, 9.17) is 16.0 Å². The van der Waals surface area contributed by atoms with Gasteiger partial charge >= 0.3 is 0 Å². The second-order valence-electron chi connectivity index (χ2n) is 6.03. The molecule has 0 amide bonds. The molecule has 0 aliphatic carbocycles. The van der Waals surface area contributed by atoms with Crippen molar-refractivity contribution in [2.75, 3.05) is 13.1 Å². The van der Waals surface area contributed by atoms with Crippen LogP contribution in [0.5, 0.6) is 0 Å². The van der Waals surface area contributed by atoms with Crippen LogP contribution in [0.15, 0.2) is 53.2 Å². The number of nitrogens with zero attached hydrogens (tertiary/aromatic N) is 4. The third kappa shape index (κ3) is 3.32. The van der Waals surface area contributed by atoms with Crippen molar-refractivity contribution in [3.63, 3.8) is 0 Å². The van der Waals surface area contributed by atoms with Gasteiger partial charge in [0.2, 0.25) is 11.8 Å². The highest BCUT2D eigenvalue weighted by Crippen LogP contribution is 2.29. The van der Waals surface area contributed by atoms with E-state index in [1.165, 1.54) is 5.56 Å². The Morgan fingerprint density at radius 2 is 2.04 bits per heavy atom. The number of aromatic nitrogens is 3. The summed E-state index contributed by atoms with van der Waals surface area (Å²) in [7, 11) is 0. The third-order valence-corrected chi connectivity index (χ3v) is 4.53. The Hall–Kier alpha value is -2.24. The zero-order chi connectivity index (χ0) is 16.4. The molecule has 1 atom stereocenters. The minimum atomic E-state index is 0.287. The Morgan fingerprint density at radius 1 is 1.17 bits per heavy atom. The Morgan fingerprint density at radius 3 is 2.83 bits per heavy atom. The van der Waals surface area contributed by atoms with Crippen LogP contribution in [0.3, 0.4) is 0 Å². The molecule has 1 unspecified atom stereocenters. The number of halogens is 1. The molecule has 6 heteroatoms. The summed E-state index contributed by atoms with van der Waals surface area (Å²) in [6.07, 6.45) is 4.74. The van der Waals surface area contributed by atoms with Crippen molar-refractivity contribution in [1.82, 2.24) is 20.1 Å². The summed E-state index contributed by atoms with van der Waals surface area (Å²) in [5.74, 6) is 1.55. The molecule has 0 N–H and O–H groups in total. The lowest BCUT2D eigenvalue weighted by atomic mass is 10.1. The van der Waals surface area contributed by atoms with Crippen LogP contribution < -0.4 is 0 Å².